The SMILES string of the molecule is CCNc1cncc(C#Cc2ccccc2NS(=O)(=O)c2ccc(OC)c(C)c2C)c1. The lowest BCUT2D eigenvalue weighted by Gasteiger charge is -2.15. The van der Waals surface area contributed by atoms with Crippen molar-refractivity contribution in [1.82, 2.24) is 4.98 Å². The smallest absolute Gasteiger partial charge is 0.262 e. The number of nitrogens with one attached hydrogen (secondary N) is 2. The van der Waals surface area contributed by atoms with Crippen LogP contribution in [0.3, 0.4) is 0 Å². The fourth-order valence-electron chi connectivity index (χ4n) is 3.11. The monoisotopic (exact) mass is 435 g/mol. The number of aromatic nitrogens is 1. The summed E-state index contributed by atoms with van der Waals surface area (Å²) in [6.45, 7) is 6.39. The highest BCUT2D eigenvalue weighted by atomic mass is 32.2. The van der Waals surface area contributed by atoms with E-state index in [0.29, 0.717) is 22.6 Å². The van der Waals surface area contributed by atoms with Gasteiger partial charge in [-0.2, -0.15) is 0 Å². The van der Waals surface area contributed by atoms with Gasteiger partial charge in [0.05, 0.1) is 29.6 Å². The Morgan fingerprint density at radius 1 is 1.03 bits per heavy atom. The van der Waals surface area contributed by atoms with Gasteiger partial charge in [0, 0.05) is 23.9 Å². The lowest BCUT2D eigenvalue weighted by molar-refractivity contribution is 0.411. The minimum atomic E-state index is -3.81. The van der Waals surface area contributed by atoms with Gasteiger partial charge in [0.25, 0.3) is 10.0 Å². The maximum absolute atomic E-state index is 13.1. The van der Waals surface area contributed by atoms with Gasteiger partial charge in [0.1, 0.15) is 5.75 Å². The number of rotatable bonds is 6. The maximum Gasteiger partial charge on any atom is 0.262 e. The van der Waals surface area contributed by atoms with Crippen LogP contribution in [0.4, 0.5) is 11.4 Å². The number of benzene rings is 2. The van der Waals surface area contributed by atoms with Gasteiger partial charge in [-0.1, -0.05) is 24.0 Å². The van der Waals surface area contributed by atoms with Gasteiger partial charge in [-0.05, 0) is 62.2 Å². The molecule has 1 aromatic heterocycles. The molecule has 7 heteroatoms. The summed E-state index contributed by atoms with van der Waals surface area (Å²) in [6, 6.07) is 12.2. The van der Waals surface area contributed by atoms with Crippen molar-refractivity contribution >= 4 is 21.4 Å². The summed E-state index contributed by atoms with van der Waals surface area (Å²) in [6.07, 6.45) is 3.40. The molecule has 31 heavy (non-hydrogen) atoms. The Morgan fingerprint density at radius 3 is 2.55 bits per heavy atom. The van der Waals surface area contributed by atoms with Gasteiger partial charge in [0.15, 0.2) is 0 Å². The topological polar surface area (TPSA) is 80.3 Å². The van der Waals surface area contributed by atoms with E-state index in [4.69, 9.17) is 4.74 Å². The highest BCUT2D eigenvalue weighted by Crippen LogP contribution is 2.28. The second-order valence-corrected chi connectivity index (χ2v) is 8.56. The van der Waals surface area contributed by atoms with Crippen LogP contribution >= 0.6 is 0 Å². The van der Waals surface area contributed by atoms with E-state index in [2.05, 4.69) is 26.9 Å². The van der Waals surface area contributed by atoms with Crippen molar-refractivity contribution in [3.05, 3.63) is 77.1 Å². The maximum atomic E-state index is 13.1. The molecule has 2 aromatic carbocycles. The Morgan fingerprint density at radius 2 is 1.81 bits per heavy atom. The number of para-hydroxylation sites is 1. The molecule has 0 saturated carbocycles. The molecule has 0 amide bonds. The number of hydrogen-bond acceptors (Lipinski definition) is 5. The number of nitrogens with zero attached hydrogens (tertiary/aromatic N) is 1. The average molecular weight is 436 g/mol. The summed E-state index contributed by atoms with van der Waals surface area (Å²) in [5.74, 6) is 6.76. The van der Waals surface area contributed by atoms with E-state index in [1.807, 2.05) is 26.0 Å². The molecule has 2 N–H and O–H groups in total. The molecule has 160 valence electrons. The van der Waals surface area contributed by atoms with Crippen LogP contribution in [-0.4, -0.2) is 27.1 Å². The van der Waals surface area contributed by atoms with E-state index in [0.717, 1.165) is 23.4 Å². The molecule has 0 spiro atoms. The first-order valence-electron chi connectivity index (χ1n) is 9.82. The number of sulfonamides is 1. The van der Waals surface area contributed by atoms with Crippen molar-refractivity contribution in [2.45, 2.75) is 25.7 Å². The molecule has 0 aliphatic rings. The summed E-state index contributed by atoms with van der Waals surface area (Å²) in [4.78, 5) is 4.39. The Balaban J connectivity index is 1.93. The predicted octanol–water partition coefficient (Wildman–Crippen LogP) is 4.34. The fraction of sp³-hybridized carbons (Fsp3) is 0.208. The van der Waals surface area contributed by atoms with Crippen LogP contribution in [0.2, 0.25) is 0 Å². The fourth-order valence-corrected chi connectivity index (χ4v) is 4.49. The average Bonchev–Trinajstić information content (AvgIpc) is 2.75. The Hall–Kier alpha value is -3.50. The third kappa shape index (κ3) is 5.16. The van der Waals surface area contributed by atoms with Gasteiger partial charge < -0.3 is 10.1 Å². The summed E-state index contributed by atoms with van der Waals surface area (Å²) < 4.78 is 34.2. The van der Waals surface area contributed by atoms with Crippen LogP contribution in [0.5, 0.6) is 5.75 Å². The Labute approximate surface area is 183 Å². The minimum Gasteiger partial charge on any atom is -0.496 e. The molecular formula is C24H25N3O3S. The molecule has 0 saturated heterocycles. The molecule has 3 aromatic rings. The van der Waals surface area contributed by atoms with Crippen LogP contribution in [0.15, 0.2) is 59.8 Å². The highest BCUT2D eigenvalue weighted by molar-refractivity contribution is 7.92. The van der Waals surface area contributed by atoms with Gasteiger partial charge in [-0.15, -0.1) is 0 Å². The van der Waals surface area contributed by atoms with E-state index in [1.165, 1.54) is 0 Å². The summed E-state index contributed by atoms with van der Waals surface area (Å²) in [7, 11) is -2.24. The van der Waals surface area contributed by atoms with Crippen molar-refractivity contribution in [3.8, 4) is 17.6 Å². The molecular weight excluding hydrogens is 410 g/mol. The van der Waals surface area contributed by atoms with Crippen molar-refractivity contribution in [3.63, 3.8) is 0 Å². The molecule has 1 heterocycles. The van der Waals surface area contributed by atoms with Crippen molar-refractivity contribution in [1.29, 1.82) is 0 Å². The zero-order chi connectivity index (χ0) is 22.4. The molecule has 0 fully saturated rings. The molecule has 0 unspecified atom stereocenters. The van der Waals surface area contributed by atoms with Crippen LogP contribution in [0.1, 0.15) is 29.2 Å². The molecule has 0 atom stereocenters. The molecule has 0 aliphatic heterocycles. The van der Waals surface area contributed by atoms with Crippen molar-refractivity contribution < 1.29 is 13.2 Å². The summed E-state index contributed by atoms with van der Waals surface area (Å²) in [5, 5.41) is 3.19. The third-order valence-electron chi connectivity index (χ3n) is 4.83. The second kappa shape index (κ2) is 9.54. The van der Waals surface area contributed by atoms with E-state index in [1.54, 1.807) is 56.8 Å². The molecule has 3 rings (SSSR count). The zero-order valence-electron chi connectivity index (χ0n) is 18.0. The van der Waals surface area contributed by atoms with Crippen LogP contribution in [0, 0.1) is 25.7 Å². The standard InChI is InChI=1S/C24H25N3O3S/c1-5-26-21-14-19(15-25-16-21)10-11-20-8-6-7-9-22(20)27-31(28,29)24-13-12-23(30-4)17(2)18(24)3/h6-9,12-16,26-27H,5H2,1-4H3. The van der Waals surface area contributed by atoms with Crippen molar-refractivity contribution in [2.24, 2.45) is 0 Å². The minimum absolute atomic E-state index is 0.205. The lowest BCUT2D eigenvalue weighted by Crippen LogP contribution is -2.15. The van der Waals surface area contributed by atoms with E-state index >= 15 is 0 Å². The first-order chi connectivity index (χ1) is 14.9. The quantitative estimate of drug-likeness (QED) is 0.563. The summed E-state index contributed by atoms with van der Waals surface area (Å²) >= 11 is 0. The molecule has 0 radical (unpaired) electrons. The van der Waals surface area contributed by atoms with Crippen molar-refractivity contribution in [2.75, 3.05) is 23.7 Å². The largest absolute Gasteiger partial charge is 0.496 e. The molecule has 0 aliphatic carbocycles. The first kappa shape index (κ1) is 22.2. The normalized spacial score (nSPS) is 10.7. The van der Waals surface area contributed by atoms with Gasteiger partial charge in [-0.3, -0.25) is 9.71 Å². The Bertz CT molecular complexity index is 1260. The van der Waals surface area contributed by atoms with E-state index in [9.17, 15) is 8.42 Å². The predicted molar refractivity (Wildman–Crippen MR) is 124 cm³/mol. The zero-order valence-corrected chi connectivity index (χ0v) is 18.8. The lowest BCUT2D eigenvalue weighted by atomic mass is 10.1. The third-order valence-corrected chi connectivity index (χ3v) is 6.34. The molecule has 0 bridgehead atoms. The van der Waals surface area contributed by atoms with Crippen LogP contribution in [0.25, 0.3) is 0 Å². The van der Waals surface area contributed by atoms with E-state index in [-0.39, 0.29) is 4.90 Å². The van der Waals surface area contributed by atoms with Gasteiger partial charge in [0.2, 0.25) is 0 Å². The number of ether oxygens (including phenoxy) is 1. The highest BCUT2D eigenvalue weighted by Gasteiger charge is 2.20. The number of anilines is 2. The molecule has 6 nitrogen and oxygen atoms in total. The van der Waals surface area contributed by atoms with Crippen LogP contribution in [-0.2, 0) is 10.0 Å². The number of methoxy groups -OCH3 is 1. The number of hydrogen-bond donors (Lipinski definition) is 2. The number of pyridine rings is 1. The summed E-state index contributed by atoms with van der Waals surface area (Å²) in [5.41, 5.74) is 4.03. The second-order valence-electron chi connectivity index (χ2n) is 6.91. The van der Waals surface area contributed by atoms with E-state index < -0.39 is 10.0 Å². The van der Waals surface area contributed by atoms with Gasteiger partial charge in [-0.25, -0.2) is 8.42 Å². The van der Waals surface area contributed by atoms with Crippen LogP contribution < -0.4 is 14.8 Å². The Kier molecular flexibility index (Phi) is 6.83. The first-order valence-corrected chi connectivity index (χ1v) is 11.3. The van der Waals surface area contributed by atoms with Gasteiger partial charge >= 0.3 is 0 Å².